The highest BCUT2D eigenvalue weighted by atomic mass is 35.5. The molecule has 0 saturated carbocycles. The number of aryl methyl sites for hydroxylation is 3. The quantitative estimate of drug-likeness (QED) is 0.484. The molecule has 3 aromatic rings. The summed E-state index contributed by atoms with van der Waals surface area (Å²) in [5.41, 5.74) is 3.77. The minimum Gasteiger partial charge on any atom is -0.497 e. The van der Waals surface area contributed by atoms with Gasteiger partial charge in [0.15, 0.2) is 0 Å². The fourth-order valence-corrected chi connectivity index (χ4v) is 3.61. The summed E-state index contributed by atoms with van der Waals surface area (Å²) in [6, 6.07) is 9.24. The van der Waals surface area contributed by atoms with Gasteiger partial charge in [-0.05, 0) is 55.7 Å². The summed E-state index contributed by atoms with van der Waals surface area (Å²) in [4.78, 5) is 13.4. The maximum Gasteiger partial charge on any atom is 0.223 e. The van der Waals surface area contributed by atoms with Gasteiger partial charge < -0.3 is 9.47 Å². The van der Waals surface area contributed by atoms with Crippen LogP contribution >= 0.6 is 23.2 Å². The van der Waals surface area contributed by atoms with Gasteiger partial charge in [0.2, 0.25) is 11.7 Å². The Morgan fingerprint density at radius 1 is 1.10 bits per heavy atom. The molecule has 5 nitrogen and oxygen atoms in total. The highest BCUT2D eigenvalue weighted by Gasteiger charge is 2.26. The molecule has 7 heteroatoms. The van der Waals surface area contributed by atoms with Crippen LogP contribution < -0.4 is 9.47 Å². The number of ether oxygens (including phenoxy) is 2. The van der Waals surface area contributed by atoms with Gasteiger partial charge in [-0.1, -0.05) is 35.3 Å². The predicted octanol–water partition coefficient (Wildman–Crippen LogP) is 5.47. The maximum absolute atomic E-state index is 13.4. The minimum absolute atomic E-state index is 0.242. The number of rotatable bonds is 6. The van der Waals surface area contributed by atoms with Gasteiger partial charge in [0.05, 0.1) is 17.8 Å². The number of benzene rings is 2. The molecule has 0 N–H and O–H groups in total. The number of carbonyl (C=O) groups is 1. The highest BCUT2D eigenvalue weighted by Crippen LogP contribution is 2.34. The molecule has 0 radical (unpaired) electrons. The lowest BCUT2D eigenvalue weighted by Gasteiger charge is -2.12. The van der Waals surface area contributed by atoms with E-state index in [2.05, 4.69) is 5.10 Å². The van der Waals surface area contributed by atoms with E-state index in [1.165, 1.54) is 0 Å². The molecule has 0 fully saturated rings. The normalized spacial score (nSPS) is 10.9. The third-order valence-corrected chi connectivity index (χ3v) is 5.85. The number of hydrogen-bond donors (Lipinski definition) is 0. The van der Waals surface area contributed by atoms with Crippen LogP contribution in [-0.2, 0) is 13.7 Å². The molecule has 2 aromatic carbocycles. The van der Waals surface area contributed by atoms with Gasteiger partial charge in [-0.3, -0.25) is 4.79 Å². The molecule has 0 aliphatic carbocycles. The van der Waals surface area contributed by atoms with E-state index in [1.54, 1.807) is 38.8 Å². The predicted molar refractivity (Wildman–Crippen MR) is 115 cm³/mol. The van der Waals surface area contributed by atoms with Crippen LogP contribution in [0.1, 0.15) is 38.3 Å². The van der Waals surface area contributed by atoms with Crippen LogP contribution in [0, 0.1) is 20.8 Å². The number of methoxy groups -OCH3 is 1. The van der Waals surface area contributed by atoms with Crippen molar-refractivity contribution in [1.29, 1.82) is 0 Å². The molecular weight excluding hydrogens is 411 g/mol. The molecule has 0 amide bonds. The van der Waals surface area contributed by atoms with E-state index < -0.39 is 0 Å². The number of nitrogens with zero attached hydrogens (tertiary/aromatic N) is 2. The fraction of sp³-hybridized carbons (Fsp3) is 0.273. The Morgan fingerprint density at radius 3 is 2.38 bits per heavy atom. The first kappa shape index (κ1) is 21.2. The first-order valence-corrected chi connectivity index (χ1v) is 9.79. The molecule has 29 heavy (non-hydrogen) atoms. The number of halogens is 2. The van der Waals surface area contributed by atoms with Crippen LogP contribution in [0.3, 0.4) is 0 Å². The van der Waals surface area contributed by atoms with E-state index in [9.17, 15) is 4.79 Å². The van der Waals surface area contributed by atoms with Crippen molar-refractivity contribution in [3.8, 4) is 11.6 Å². The number of aromatic nitrogens is 2. The Balaban J connectivity index is 1.95. The molecular formula is C22H22Cl2N2O3. The van der Waals surface area contributed by atoms with E-state index in [4.69, 9.17) is 32.7 Å². The van der Waals surface area contributed by atoms with Crippen molar-refractivity contribution < 1.29 is 14.3 Å². The molecule has 0 unspecified atom stereocenters. The molecule has 1 aromatic heterocycles. The topological polar surface area (TPSA) is 53.4 Å². The van der Waals surface area contributed by atoms with Crippen LogP contribution in [0.25, 0.3) is 0 Å². The molecule has 0 atom stereocenters. The van der Waals surface area contributed by atoms with Crippen molar-refractivity contribution in [1.82, 2.24) is 9.78 Å². The second-order valence-electron chi connectivity index (χ2n) is 6.85. The van der Waals surface area contributed by atoms with Crippen LogP contribution in [0.2, 0.25) is 10.0 Å². The van der Waals surface area contributed by atoms with Crippen molar-refractivity contribution in [3.63, 3.8) is 0 Å². The van der Waals surface area contributed by atoms with Gasteiger partial charge in [-0.2, -0.15) is 5.10 Å². The number of carbonyl (C=O) groups excluding carboxylic acids is 1. The first-order valence-electron chi connectivity index (χ1n) is 9.03. The number of hydrogen-bond acceptors (Lipinski definition) is 4. The van der Waals surface area contributed by atoms with Gasteiger partial charge in [0.1, 0.15) is 17.9 Å². The van der Waals surface area contributed by atoms with Gasteiger partial charge in [-0.15, -0.1) is 0 Å². The summed E-state index contributed by atoms with van der Waals surface area (Å²) < 4.78 is 12.7. The van der Waals surface area contributed by atoms with Gasteiger partial charge in [0, 0.05) is 17.6 Å². The van der Waals surface area contributed by atoms with Crippen molar-refractivity contribution >= 4 is 29.0 Å². The summed E-state index contributed by atoms with van der Waals surface area (Å²) in [6.45, 7) is 5.71. The summed E-state index contributed by atoms with van der Waals surface area (Å²) in [7, 11) is 3.36. The Kier molecular flexibility index (Phi) is 6.20. The van der Waals surface area contributed by atoms with E-state index in [0.717, 1.165) is 16.9 Å². The zero-order chi connectivity index (χ0) is 21.3. The van der Waals surface area contributed by atoms with E-state index in [0.29, 0.717) is 38.3 Å². The van der Waals surface area contributed by atoms with Crippen molar-refractivity contribution in [2.75, 3.05) is 7.11 Å². The summed E-state index contributed by atoms with van der Waals surface area (Å²) in [5.74, 6) is 0.918. The molecule has 0 saturated heterocycles. The Morgan fingerprint density at radius 2 is 1.76 bits per heavy atom. The van der Waals surface area contributed by atoms with Crippen LogP contribution in [-0.4, -0.2) is 22.7 Å². The van der Waals surface area contributed by atoms with Gasteiger partial charge in [-0.25, -0.2) is 4.68 Å². The van der Waals surface area contributed by atoms with E-state index >= 15 is 0 Å². The van der Waals surface area contributed by atoms with Crippen LogP contribution in [0.5, 0.6) is 11.6 Å². The standard InChI is InChI=1S/C22H22Cl2N2O3/c1-12-10-17(20(24)13(2)19(12)23)21(27)18-14(3)25-26(4)22(18)29-11-15-6-8-16(28-5)9-7-15/h6-10H,11H2,1-5H3. The zero-order valence-corrected chi connectivity index (χ0v) is 18.5. The monoisotopic (exact) mass is 432 g/mol. The average molecular weight is 433 g/mol. The largest absolute Gasteiger partial charge is 0.497 e. The minimum atomic E-state index is -0.242. The second kappa shape index (κ2) is 8.47. The average Bonchev–Trinajstić information content (AvgIpc) is 3.00. The Hall–Kier alpha value is -2.50. The summed E-state index contributed by atoms with van der Waals surface area (Å²) >= 11 is 12.7. The van der Waals surface area contributed by atoms with Crippen molar-refractivity contribution in [2.45, 2.75) is 27.4 Å². The molecule has 0 aliphatic heterocycles. The third-order valence-electron chi connectivity index (χ3n) is 4.78. The summed E-state index contributed by atoms with van der Waals surface area (Å²) in [5, 5.41) is 5.27. The SMILES string of the molecule is COc1ccc(COc2c(C(=O)c3cc(C)c(Cl)c(C)c3Cl)c(C)nn2C)cc1. The van der Waals surface area contributed by atoms with Crippen molar-refractivity contribution in [2.24, 2.45) is 7.05 Å². The number of ketones is 1. The Bertz CT molecular complexity index is 1070. The van der Waals surface area contributed by atoms with E-state index in [-0.39, 0.29) is 12.4 Å². The van der Waals surface area contributed by atoms with Crippen molar-refractivity contribution in [3.05, 3.63) is 73.9 Å². The molecule has 0 bridgehead atoms. The highest BCUT2D eigenvalue weighted by molar-refractivity contribution is 6.39. The third kappa shape index (κ3) is 4.11. The molecule has 3 rings (SSSR count). The van der Waals surface area contributed by atoms with E-state index in [1.807, 2.05) is 31.2 Å². The summed E-state index contributed by atoms with van der Waals surface area (Å²) in [6.07, 6.45) is 0. The fourth-order valence-electron chi connectivity index (χ4n) is 3.17. The molecule has 0 aliphatic rings. The second-order valence-corrected chi connectivity index (χ2v) is 7.60. The lowest BCUT2D eigenvalue weighted by atomic mass is 9.99. The zero-order valence-electron chi connectivity index (χ0n) is 17.0. The molecule has 0 spiro atoms. The van der Waals surface area contributed by atoms with Crippen LogP contribution in [0.4, 0.5) is 0 Å². The Labute approximate surface area is 180 Å². The first-order chi connectivity index (χ1) is 13.7. The van der Waals surface area contributed by atoms with Gasteiger partial charge in [0.25, 0.3) is 0 Å². The molecule has 1 heterocycles. The van der Waals surface area contributed by atoms with Crippen LogP contribution in [0.15, 0.2) is 30.3 Å². The molecule has 152 valence electrons. The lowest BCUT2D eigenvalue weighted by Crippen LogP contribution is -2.09. The smallest absolute Gasteiger partial charge is 0.223 e. The maximum atomic E-state index is 13.4. The van der Waals surface area contributed by atoms with Gasteiger partial charge >= 0.3 is 0 Å². The lowest BCUT2D eigenvalue weighted by molar-refractivity contribution is 0.103.